The van der Waals surface area contributed by atoms with Crippen LogP contribution in [0, 0.1) is 6.92 Å². The normalized spacial score (nSPS) is 10.5. The first-order valence-corrected chi connectivity index (χ1v) is 7.36. The zero-order chi connectivity index (χ0) is 17.4. The third-order valence-electron chi connectivity index (χ3n) is 3.22. The maximum atomic E-state index is 11.7. The van der Waals surface area contributed by atoms with Crippen molar-refractivity contribution in [1.82, 2.24) is 5.43 Å². The van der Waals surface area contributed by atoms with Gasteiger partial charge in [0.2, 0.25) is 0 Å². The number of amides is 1. The quantitative estimate of drug-likeness (QED) is 0.626. The number of hydrogen-bond acceptors (Lipinski definition) is 5. The van der Waals surface area contributed by atoms with Crippen LogP contribution in [0.3, 0.4) is 0 Å². The van der Waals surface area contributed by atoms with Gasteiger partial charge in [-0.1, -0.05) is 23.8 Å². The second-order valence-corrected chi connectivity index (χ2v) is 4.98. The third kappa shape index (κ3) is 4.74. The second-order valence-electron chi connectivity index (χ2n) is 4.98. The van der Waals surface area contributed by atoms with Gasteiger partial charge >= 0.3 is 0 Å². The van der Waals surface area contributed by atoms with Crippen molar-refractivity contribution in [3.8, 4) is 17.2 Å². The summed E-state index contributed by atoms with van der Waals surface area (Å²) in [4.78, 5) is 11.7. The Morgan fingerprint density at radius 3 is 2.54 bits per heavy atom. The Labute approximate surface area is 141 Å². The maximum Gasteiger partial charge on any atom is 0.277 e. The molecule has 0 aliphatic rings. The number of para-hydroxylation sites is 1. The molecule has 0 aliphatic heterocycles. The molecular weight excluding hydrogens is 308 g/mol. The lowest BCUT2D eigenvalue weighted by molar-refractivity contribution is -0.123. The number of aryl methyl sites for hydroxylation is 1. The van der Waals surface area contributed by atoms with Crippen molar-refractivity contribution in [2.45, 2.75) is 6.92 Å². The lowest BCUT2D eigenvalue weighted by Crippen LogP contribution is -2.24. The number of benzene rings is 2. The molecular formula is C18H20N2O4. The van der Waals surface area contributed by atoms with E-state index < -0.39 is 0 Å². The molecule has 126 valence electrons. The van der Waals surface area contributed by atoms with E-state index in [1.807, 2.05) is 37.3 Å². The van der Waals surface area contributed by atoms with Crippen molar-refractivity contribution in [2.24, 2.45) is 5.10 Å². The molecule has 0 radical (unpaired) electrons. The molecule has 0 atom stereocenters. The Hall–Kier alpha value is -3.02. The van der Waals surface area contributed by atoms with Gasteiger partial charge in [0.05, 0.1) is 20.4 Å². The van der Waals surface area contributed by atoms with Gasteiger partial charge in [-0.15, -0.1) is 0 Å². The summed E-state index contributed by atoms with van der Waals surface area (Å²) in [7, 11) is 3.10. The largest absolute Gasteiger partial charge is 0.493 e. The number of carbonyl (C=O) groups is 1. The SMILES string of the molecule is COc1cccc(C=NNC(=O)COc2ccc(C)cc2)c1OC. The minimum atomic E-state index is -0.353. The Kier molecular flexibility index (Phi) is 6.19. The molecule has 0 heterocycles. The molecule has 2 aromatic rings. The molecule has 0 saturated heterocycles. The number of hydrogen-bond donors (Lipinski definition) is 1. The average Bonchev–Trinajstić information content (AvgIpc) is 2.61. The fourth-order valence-corrected chi connectivity index (χ4v) is 2.00. The molecule has 0 spiro atoms. The van der Waals surface area contributed by atoms with Crippen LogP contribution in [0.15, 0.2) is 47.6 Å². The maximum absolute atomic E-state index is 11.7. The predicted molar refractivity (Wildman–Crippen MR) is 92.0 cm³/mol. The van der Waals surface area contributed by atoms with Crippen LogP contribution < -0.4 is 19.6 Å². The van der Waals surface area contributed by atoms with E-state index in [0.29, 0.717) is 22.8 Å². The van der Waals surface area contributed by atoms with E-state index in [2.05, 4.69) is 10.5 Å². The smallest absolute Gasteiger partial charge is 0.277 e. The van der Waals surface area contributed by atoms with Gasteiger partial charge < -0.3 is 14.2 Å². The van der Waals surface area contributed by atoms with Crippen molar-refractivity contribution >= 4 is 12.1 Å². The summed E-state index contributed by atoms with van der Waals surface area (Å²) in [5.41, 5.74) is 4.23. The van der Waals surface area contributed by atoms with E-state index in [9.17, 15) is 4.79 Å². The molecule has 0 bridgehead atoms. The molecule has 2 rings (SSSR count). The molecule has 0 unspecified atom stereocenters. The number of rotatable bonds is 7. The summed E-state index contributed by atoms with van der Waals surface area (Å²) in [6.07, 6.45) is 1.49. The van der Waals surface area contributed by atoms with Crippen molar-refractivity contribution in [3.63, 3.8) is 0 Å². The standard InChI is InChI=1S/C18H20N2O4/c1-13-7-9-15(10-8-13)24-12-17(21)20-19-11-14-5-4-6-16(22-2)18(14)23-3/h4-11H,12H2,1-3H3,(H,20,21). The highest BCUT2D eigenvalue weighted by atomic mass is 16.5. The van der Waals surface area contributed by atoms with E-state index in [1.165, 1.54) is 6.21 Å². The van der Waals surface area contributed by atoms with Gasteiger partial charge in [-0.3, -0.25) is 4.79 Å². The average molecular weight is 328 g/mol. The minimum Gasteiger partial charge on any atom is -0.493 e. The lowest BCUT2D eigenvalue weighted by atomic mass is 10.2. The molecule has 0 fully saturated rings. The first-order chi connectivity index (χ1) is 11.6. The number of nitrogens with one attached hydrogen (secondary N) is 1. The summed E-state index contributed by atoms with van der Waals surface area (Å²) in [6.45, 7) is 1.87. The fraction of sp³-hybridized carbons (Fsp3) is 0.222. The number of methoxy groups -OCH3 is 2. The second kappa shape index (κ2) is 8.57. The van der Waals surface area contributed by atoms with Crippen LogP contribution in [0.1, 0.15) is 11.1 Å². The molecule has 24 heavy (non-hydrogen) atoms. The summed E-state index contributed by atoms with van der Waals surface area (Å²) >= 11 is 0. The number of carbonyl (C=O) groups excluding carboxylic acids is 1. The molecule has 6 heteroatoms. The van der Waals surface area contributed by atoms with Crippen molar-refractivity contribution in [2.75, 3.05) is 20.8 Å². The van der Waals surface area contributed by atoms with Crippen LogP contribution in [0.2, 0.25) is 0 Å². The van der Waals surface area contributed by atoms with Crippen LogP contribution in [0.4, 0.5) is 0 Å². The first-order valence-electron chi connectivity index (χ1n) is 7.36. The van der Waals surface area contributed by atoms with Crippen LogP contribution in [0.25, 0.3) is 0 Å². The van der Waals surface area contributed by atoms with E-state index in [4.69, 9.17) is 14.2 Å². The minimum absolute atomic E-state index is 0.115. The first kappa shape index (κ1) is 17.3. The third-order valence-corrected chi connectivity index (χ3v) is 3.22. The van der Waals surface area contributed by atoms with Gasteiger partial charge in [-0.25, -0.2) is 5.43 Å². The lowest BCUT2D eigenvalue weighted by Gasteiger charge is -2.09. The van der Waals surface area contributed by atoms with E-state index in [1.54, 1.807) is 26.4 Å². The molecule has 1 N–H and O–H groups in total. The van der Waals surface area contributed by atoms with Gasteiger partial charge in [0.1, 0.15) is 5.75 Å². The van der Waals surface area contributed by atoms with Crippen LogP contribution in [-0.2, 0) is 4.79 Å². The van der Waals surface area contributed by atoms with Crippen LogP contribution >= 0.6 is 0 Å². The van der Waals surface area contributed by atoms with Gasteiger partial charge in [0.15, 0.2) is 18.1 Å². The predicted octanol–water partition coefficient (Wildman–Crippen LogP) is 2.54. The topological polar surface area (TPSA) is 69.2 Å². The van der Waals surface area contributed by atoms with Gasteiger partial charge in [-0.05, 0) is 31.2 Å². The van der Waals surface area contributed by atoms with E-state index in [0.717, 1.165) is 5.56 Å². The summed E-state index contributed by atoms with van der Waals surface area (Å²) in [5, 5.41) is 3.91. The number of ether oxygens (including phenoxy) is 3. The van der Waals surface area contributed by atoms with Crippen LogP contribution in [0.5, 0.6) is 17.2 Å². The summed E-state index contributed by atoms with van der Waals surface area (Å²) in [5.74, 6) is 1.42. The van der Waals surface area contributed by atoms with Gasteiger partial charge in [0.25, 0.3) is 5.91 Å². The van der Waals surface area contributed by atoms with Crippen LogP contribution in [-0.4, -0.2) is 32.9 Å². The zero-order valence-corrected chi connectivity index (χ0v) is 13.9. The molecule has 6 nitrogen and oxygen atoms in total. The van der Waals surface area contributed by atoms with Gasteiger partial charge in [-0.2, -0.15) is 5.10 Å². The Bertz CT molecular complexity index is 711. The molecule has 0 aliphatic carbocycles. The highest BCUT2D eigenvalue weighted by Crippen LogP contribution is 2.29. The zero-order valence-electron chi connectivity index (χ0n) is 13.9. The summed E-state index contributed by atoms with van der Waals surface area (Å²) < 4.78 is 15.9. The number of hydrazone groups is 1. The Balaban J connectivity index is 1.89. The Morgan fingerprint density at radius 2 is 1.88 bits per heavy atom. The molecule has 1 amide bonds. The molecule has 2 aromatic carbocycles. The number of nitrogens with zero attached hydrogens (tertiary/aromatic N) is 1. The fourth-order valence-electron chi connectivity index (χ4n) is 2.00. The Morgan fingerprint density at radius 1 is 1.12 bits per heavy atom. The van der Waals surface area contributed by atoms with Gasteiger partial charge in [0, 0.05) is 5.56 Å². The van der Waals surface area contributed by atoms with Crippen molar-refractivity contribution in [1.29, 1.82) is 0 Å². The summed E-state index contributed by atoms with van der Waals surface area (Å²) in [6, 6.07) is 12.9. The molecule has 0 aromatic heterocycles. The highest BCUT2D eigenvalue weighted by Gasteiger charge is 2.07. The van der Waals surface area contributed by atoms with E-state index >= 15 is 0 Å². The monoisotopic (exact) mass is 328 g/mol. The molecule has 0 saturated carbocycles. The van der Waals surface area contributed by atoms with Crippen molar-refractivity contribution < 1.29 is 19.0 Å². The van der Waals surface area contributed by atoms with Crippen molar-refractivity contribution in [3.05, 3.63) is 53.6 Å². The van der Waals surface area contributed by atoms with E-state index in [-0.39, 0.29) is 12.5 Å². The highest BCUT2D eigenvalue weighted by molar-refractivity contribution is 5.86.